The number of Topliss-reactive ketones (excluding diaryl/α,β-unsaturated/α-hetero) is 1. The molecule has 2 aromatic carbocycles. The summed E-state index contributed by atoms with van der Waals surface area (Å²) >= 11 is 0. The first kappa shape index (κ1) is 49.8. The average molecular weight is 826 g/mol. The predicted octanol–water partition coefficient (Wildman–Crippen LogP) is 3.09. The molecular weight excluding hydrogens is 762 g/mol. The number of nitrogens with zero attached hydrogens (tertiary/aromatic N) is 1. The molecule has 0 bridgehead atoms. The largest absolute Gasteiger partial charge is 0.494 e. The van der Waals surface area contributed by atoms with E-state index in [1.165, 1.54) is 55.6 Å². The number of aliphatic carboxylic acids is 1. The van der Waals surface area contributed by atoms with E-state index in [1.54, 1.807) is 49.4 Å². The molecule has 5 amide bonds. The highest BCUT2D eigenvalue weighted by Crippen LogP contribution is 2.19. The number of carbonyl (C=O) groups is 7. The minimum absolute atomic E-state index is 0.0402. The monoisotopic (exact) mass is 825 g/mol. The van der Waals surface area contributed by atoms with Crippen molar-refractivity contribution in [2.45, 2.75) is 129 Å². The van der Waals surface area contributed by atoms with Crippen molar-refractivity contribution in [1.29, 1.82) is 0 Å². The second kappa shape index (κ2) is 28.1. The van der Waals surface area contributed by atoms with Crippen molar-refractivity contribution in [2.75, 3.05) is 26.2 Å². The first-order valence-corrected chi connectivity index (χ1v) is 20.7. The third-order valence-electron chi connectivity index (χ3n) is 9.48. The van der Waals surface area contributed by atoms with Gasteiger partial charge in [-0.05, 0) is 48.9 Å². The number of carbonyl (C=O) groups excluding carboxylic acids is 6. The fourth-order valence-corrected chi connectivity index (χ4v) is 6.50. The molecule has 3 atom stereocenters. The summed E-state index contributed by atoms with van der Waals surface area (Å²) in [5, 5.41) is 37.0. The van der Waals surface area contributed by atoms with E-state index in [0.29, 0.717) is 42.6 Å². The Kier molecular flexibility index (Phi) is 23.7. The van der Waals surface area contributed by atoms with Gasteiger partial charge in [-0.2, -0.15) is 0 Å². The molecule has 2 aliphatic rings. The molecule has 7 N–H and O–H groups in total. The molecule has 1 aliphatic carbocycles. The van der Waals surface area contributed by atoms with Gasteiger partial charge >= 0.3 is 5.97 Å². The molecule has 3 unspecified atom stereocenters. The van der Waals surface area contributed by atoms with Crippen LogP contribution in [0, 0.1) is 0 Å². The minimum Gasteiger partial charge on any atom is -0.494 e. The van der Waals surface area contributed by atoms with Crippen LogP contribution in [0.3, 0.4) is 0 Å². The number of aliphatic hydroxyl groups excluding tert-OH is 1. The van der Waals surface area contributed by atoms with Crippen LogP contribution >= 0.6 is 0 Å². The molecule has 1 saturated heterocycles. The lowest BCUT2D eigenvalue weighted by Crippen LogP contribution is -2.54. The molecule has 16 heteroatoms. The lowest BCUT2D eigenvalue weighted by molar-refractivity contribution is -0.143. The topological polar surface area (TPSA) is 241 Å². The number of carboxylic acid groups (broad SMARTS) is 1. The summed E-state index contributed by atoms with van der Waals surface area (Å²) in [6, 6.07) is 11.2. The third-order valence-corrected chi connectivity index (χ3v) is 9.48. The van der Waals surface area contributed by atoms with Gasteiger partial charge in [-0.3, -0.25) is 28.8 Å². The Morgan fingerprint density at radius 2 is 1.46 bits per heavy atom. The maximum atomic E-state index is 13.3. The lowest BCUT2D eigenvalue weighted by atomic mass is 10.0. The molecule has 2 aromatic rings. The maximum Gasteiger partial charge on any atom is 0.330 e. The molecular formula is C43H63N5O11. The van der Waals surface area contributed by atoms with Gasteiger partial charge in [0.15, 0.2) is 12.3 Å². The number of aliphatic hydroxyl groups is 2. The molecule has 1 aliphatic heterocycles. The van der Waals surface area contributed by atoms with E-state index >= 15 is 0 Å². The Balaban J connectivity index is 0.00000135. The summed E-state index contributed by atoms with van der Waals surface area (Å²) in [6.07, 6.45) is 9.49. The molecule has 0 spiro atoms. The fraction of sp³-hybridized carbons (Fsp3) is 0.558. The number of nitrogens with one attached hydrogen (secondary N) is 4. The van der Waals surface area contributed by atoms with Crippen molar-refractivity contribution in [3.8, 4) is 5.75 Å². The fourth-order valence-electron chi connectivity index (χ4n) is 6.50. The highest BCUT2D eigenvalue weighted by molar-refractivity contribution is 6.38. The maximum absolute atomic E-state index is 13.3. The van der Waals surface area contributed by atoms with E-state index in [2.05, 4.69) is 21.3 Å². The average Bonchev–Trinajstić information content (AvgIpc) is 3.75. The zero-order chi connectivity index (χ0) is 43.6. The molecule has 0 radical (unpaired) electrons. The van der Waals surface area contributed by atoms with Crippen LogP contribution < -0.4 is 26.0 Å². The molecule has 326 valence electrons. The number of rotatable bonds is 20. The minimum atomic E-state index is -1.41. The second-order valence-corrected chi connectivity index (χ2v) is 14.1. The molecule has 1 saturated carbocycles. The Labute approximate surface area is 346 Å². The summed E-state index contributed by atoms with van der Waals surface area (Å²) in [6.45, 7) is 5.22. The van der Waals surface area contributed by atoms with Crippen LogP contribution in [0.2, 0.25) is 0 Å². The van der Waals surface area contributed by atoms with Gasteiger partial charge < -0.3 is 46.2 Å². The number of carboxylic acids is 1. The van der Waals surface area contributed by atoms with Gasteiger partial charge in [0.2, 0.25) is 29.4 Å². The molecule has 59 heavy (non-hydrogen) atoms. The number of benzene rings is 2. The van der Waals surface area contributed by atoms with Crippen molar-refractivity contribution >= 4 is 41.3 Å². The number of hydrogen-bond donors (Lipinski definition) is 7. The van der Waals surface area contributed by atoms with Gasteiger partial charge in [0.1, 0.15) is 11.8 Å². The normalized spacial score (nSPS) is 15.5. The molecule has 16 nitrogen and oxygen atoms in total. The Hall–Kier alpha value is -5.35. The highest BCUT2D eigenvalue weighted by Gasteiger charge is 2.36. The van der Waals surface area contributed by atoms with E-state index in [4.69, 9.17) is 14.9 Å². The zero-order valence-electron chi connectivity index (χ0n) is 34.6. The van der Waals surface area contributed by atoms with Crippen molar-refractivity contribution in [3.63, 3.8) is 0 Å². The summed E-state index contributed by atoms with van der Waals surface area (Å²) in [5.41, 5.74) is 0.946. The van der Waals surface area contributed by atoms with Gasteiger partial charge in [0, 0.05) is 13.0 Å². The third kappa shape index (κ3) is 18.8. The van der Waals surface area contributed by atoms with Crippen molar-refractivity contribution in [2.24, 2.45) is 0 Å². The Morgan fingerprint density at radius 1 is 0.797 bits per heavy atom. The van der Waals surface area contributed by atoms with Gasteiger partial charge in [-0.25, -0.2) is 4.79 Å². The standard InChI is InChI=1S/C35H45N5O11.C6H12.C2H6/c1-2-9-25(32(46)34(48)37-20-28(42)39-31(35(49)50)23-11-4-3-5-12-23)38-33(47)26-14-7-16-40(26)29(43)21-36-27(41)19-22-10-6-13-24(18-22)51-17-8-15-30(44)45;1-2-4-6-5-3-1;1-2/h3-6,10-13,18,25-26,30-31,44-45H,2,7-9,14-17,19-21H2,1H3,(H,36,41)(H,37,48)(H,38,47)(H,39,42)(H,49,50);1-6H2;1-2H3. The van der Waals surface area contributed by atoms with Gasteiger partial charge in [0.05, 0.1) is 32.2 Å². The van der Waals surface area contributed by atoms with Crippen LogP contribution in [0.4, 0.5) is 0 Å². The Bertz CT molecular complexity index is 1620. The summed E-state index contributed by atoms with van der Waals surface area (Å²) in [4.78, 5) is 90.0. The summed E-state index contributed by atoms with van der Waals surface area (Å²) in [7, 11) is 0. The van der Waals surface area contributed by atoms with E-state index < -0.39 is 72.2 Å². The number of likely N-dealkylation sites (tertiary alicyclic amines) is 1. The summed E-state index contributed by atoms with van der Waals surface area (Å²) < 4.78 is 5.57. The number of ether oxygens (including phenoxy) is 1. The van der Waals surface area contributed by atoms with Crippen molar-refractivity contribution < 1.29 is 53.6 Å². The Morgan fingerprint density at radius 3 is 2.07 bits per heavy atom. The van der Waals surface area contributed by atoms with Crippen LogP contribution in [0.1, 0.15) is 115 Å². The SMILES string of the molecule is C1CCCCC1.CC.CCCC(NC(=O)C1CCCN1C(=O)CNC(=O)Cc1cccc(OCCCC(O)O)c1)C(=O)C(=O)NCC(=O)NC(C(=O)O)c1ccccc1. The molecule has 2 fully saturated rings. The molecule has 0 aromatic heterocycles. The quantitative estimate of drug-likeness (QED) is 0.0582. The lowest BCUT2D eigenvalue weighted by Gasteiger charge is -2.26. The van der Waals surface area contributed by atoms with Crippen LogP contribution in [-0.2, 0) is 40.0 Å². The highest BCUT2D eigenvalue weighted by atomic mass is 16.5. The van der Waals surface area contributed by atoms with Crippen molar-refractivity contribution in [1.82, 2.24) is 26.2 Å². The van der Waals surface area contributed by atoms with E-state index in [9.17, 15) is 38.7 Å². The van der Waals surface area contributed by atoms with Gasteiger partial charge in [-0.15, -0.1) is 0 Å². The number of hydrogen-bond acceptors (Lipinski definition) is 10. The van der Waals surface area contributed by atoms with Gasteiger partial charge in [0.25, 0.3) is 5.91 Å². The van der Waals surface area contributed by atoms with Crippen LogP contribution in [0.5, 0.6) is 5.75 Å². The number of ketones is 1. The molecule has 1 heterocycles. The predicted molar refractivity (Wildman–Crippen MR) is 220 cm³/mol. The van der Waals surface area contributed by atoms with Crippen molar-refractivity contribution in [3.05, 3.63) is 65.7 Å². The summed E-state index contributed by atoms with van der Waals surface area (Å²) in [5.74, 6) is -5.36. The van der Waals surface area contributed by atoms with Gasteiger partial charge in [-0.1, -0.05) is 108 Å². The zero-order valence-corrected chi connectivity index (χ0v) is 34.6. The van der Waals surface area contributed by atoms with Crippen LogP contribution in [0.15, 0.2) is 54.6 Å². The van der Waals surface area contributed by atoms with E-state index in [0.717, 1.165) is 0 Å². The smallest absolute Gasteiger partial charge is 0.330 e. The van der Waals surface area contributed by atoms with Crippen LogP contribution in [-0.4, -0.2) is 106 Å². The van der Waals surface area contributed by atoms with E-state index in [-0.39, 0.29) is 39.0 Å². The number of amides is 5. The second-order valence-electron chi connectivity index (χ2n) is 14.1. The molecule has 4 rings (SSSR count). The van der Waals surface area contributed by atoms with E-state index in [1.807, 2.05) is 13.8 Å². The first-order valence-electron chi connectivity index (χ1n) is 20.7. The first-order chi connectivity index (χ1) is 28.4. The van der Waals surface area contributed by atoms with Crippen LogP contribution in [0.25, 0.3) is 0 Å².